The number of carbonyl (C=O) groups is 1. The zero-order valence-corrected chi connectivity index (χ0v) is 18.2. The topological polar surface area (TPSA) is 66.5 Å². The molecule has 1 amide bonds. The Morgan fingerprint density at radius 2 is 1.34 bits per heavy atom. The van der Waals surface area contributed by atoms with Gasteiger partial charge in [0.15, 0.2) is 0 Å². The minimum absolute atomic E-state index is 0.0194. The second-order valence-electron chi connectivity index (χ2n) is 7.28. The Kier molecular flexibility index (Phi) is 6.59. The summed E-state index contributed by atoms with van der Waals surface area (Å²) >= 11 is 0. The summed E-state index contributed by atoms with van der Waals surface area (Å²) in [7, 11) is -4.07. The van der Waals surface area contributed by atoms with Gasteiger partial charge in [0.2, 0.25) is 5.91 Å². The first kappa shape index (κ1) is 23.3. The van der Waals surface area contributed by atoms with Gasteiger partial charge in [0.1, 0.15) is 6.54 Å². The Morgan fingerprint density at radius 1 is 0.844 bits per heavy atom. The molecule has 0 unspecified atom stereocenters. The van der Waals surface area contributed by atoms with Crippen LogP contribution in [-0.2, 0) is 21.0 Å². The Bertz CT molecular complexity index is 1190. The summed E-state index contributed by atoms with van der Waals surface area (Å²) in [6.45, 7) is 3.12. The highest BCUT2D eigenvalue weighted by Gasteiger charge is 2.30. The predicted molar refractivity (Wildman–Crippen MR) is 117 cm³/mol. The lowest BCUT2D eigenvalue weighted by Gasteiger charge is -2.24. The zero-order chi connectivity index (χ0) is 23.5. The largest absolute Gasteiger partial charge is 0.416 e. The summed E-state index contributed by atoms with van der Waals surface area (Å²) in [4.78, 5) is 12.7. The van der Waals surface area contributed by atoms with Gasteiger partial charge in [-0.2, -0.15) is 13.2 Å². The number of carbonyl (C=O) groups excluding carboxylic acids is 1. The molecule has 0 spiro atoms. The molecule has 3 aromatic carbocycles. The Morgan fingerprint density at radius 3 is 1.84 bits per heavy atom. The molecule has 0 saturated carbocycles. The van der Waals surface area contributed by atoms with Crippen molar-refractivity contribution in [1.29, 1.82) is 0 Å². The molecule has 1 N–H and O–H groups in total. The van der Waals surface area contributed by atoms with Crippen molar-refractivity contribution in [2.75, 3.05) is 16.2 Å². The summed E-state index contributed by atoms with van der Waals surface area (Å²) in [5.74, 6) is -0.693. The lowest BCUT2D eigenvalue weighted by molar-refractivity contribution is -0.137. The van der Waals surface area contributed by atoms with Crippen LogP contribution in [0, 0.1) is 13.8 Å². The molecular formula is C23H21F3N2O3S. The van der Waals surface area contributed by atoms with Crippen LogP contribution in [0.15, 0.2) is 77.7 Å². The van der Waals surface area contributed by atoms with E-state index in [1.54, 1.807) is 36.4 Å². The fraction of sp³-hybridized carbons (Fsp3) is 0.174. The molecule has 3 rings (SSSR count). The zero-order valence-electron chi connectivity index (χ0n) is 17.3. The van der Waals surface area contributed by atoms with Crippen LogP contribution in [0.25, 0.3) is 0 Å². The van der Waals surface area contributed by atoms with Crippen LogP contribution < -0.4 is 9.62 Å². The van der Waals surface area contributed by atoms with E-state index in [4.69, 9.17) is 0 Å². The minimum atomic E-state index is -4.49. The molecule has 0 saturated heterocycles. The van der Waals surface area contributed by atoms with Gasteiger partial charge in [0, 0.05) is 5.69 Å². The van der Waals surface area contributed by atoms with Crippen molar-refractivity contribution < 1.29 is 26.4 Å². The van der Waals surface area contributed by atoms with Gasteiger partial charge in [-0.25, -0.2) is 8.42 Å². The van der Waals surface area contributed by atoms with Crippen molar-refractivity contribution in [2.24, 2.45) is 0 Å². The summed E-state index contributed by atoms with van der Waals surface area (Å²) in [6, 6.07) is 16.8. The Labute approximate surface area is 184 Å². The molecular weight excluding hydrogens is 441 g/mol. The van der Waals surface area contributed by atoms with Gasteiger partial charge in [-0.15, -0.1) is 0 Å². The van der Waals surface area contributed by atoms with E-state index in [0.717, 1.165) is 39.7 Å². The van der Waals surface area contributed by atoms with Crippen molar-refractivity contribution >= 4 is 27.3 Å². The van der Waals surface area contributed by atoms with Gasteiger partial charge >= 0.3 is 6.18 Å². The molecule has 5 nitrogen and oxygen atoms in total. The van der Waals surface area contributed by atoms with Crippen molar-refractivity contribution in [3.63, 3.8) is 0 Å². The first-order valence-corrected chi connectivity index (χ1v) is 11.0. The first-order chi connectivity index (χ1) is 15.0. The normalized spacial score (nSPS) is 11.8. The van der Waals surface area contributed by atoms with Crippen LogP contribution in [0.4, 0.5) is 24.5 Å². The monoisotopic (exact) mass is 462 g/mol. The second kappa shape index (κ2) is 9.04. The maximum absolute atomic E-state index is 13.3. The fourth-order valence-corrected chi connectivity index (χ4v) is 4.36. The Hall–Kier alpha value is -3.33. The van der Waals surface area contributed by atoms with Crippen LogP contribution in [0.5, 0.6) is 0 Å². The van der Waals surface area contributed by atoms with E-state index in [9.17, 15) is 26.4 Å². The molecule has 0 aliphatic rings. The number of hydrogen-bond acceptors (Lipinski definition) is 3. The molecule has 3 aromatic rings. The average molecular weight is 462 g/mol. The molecule has 0 heterocycles. The first-order valence-electron chi connectivity index (χ1n) is 9.60. The number of aryl methyl sites for hydroxylation is 2. The number of nitrogens with one attached hydrogen (secondary N) is 1. The van der Waals surface area contributed by atoms with E-state index in [2.05, 4.69) is 5.32 Å². The number of nitrogens with zero attached hydrogens (tertiary/aromatic N) is 1. The lowest BCUT2D eigenvalue weighted by atomic mass is 10.2. The third kappa shape index (κ3) is 5.47. The average Bonchev–Trinajstić information content (AvgIpc) is 2.73. The number of benzene rings is 3. The lowest BCUT2D eigenvalue weighted by Crippen LogP contribution is -2.38. The summed E-state index contributed by atoms with van der Waals surface area (Å²) < 4.78 is 65.7. The van der Waals surface area contributed by atoms with Gasteiger partial charge in [-0.05, 0) is 62.4 Å². The summed E-state index contributed by atoms with van der Waals surface area (Å²) in [6.07, 6.45) is -4.49. The van der Waals surface area contributed by atoms with Gasteiger partial charge in [0.25, 0.3) is 10.0 Å². The molecule has 9 heteroatoms. The highest BCUT2D eigenvalue weighted by atomic mass is 32.2. The molecule has 0 aromatic heterocycles. The summed E-state index contributed by atoms with van der Waals surface area (Å²) in [5, 5.41) is 2.45. The van der Waals surface area contributed by atoms with Crippen molar-refractivity contribution in [1.82, 2.24) is 0 Å². The molecule has 0 bridgehead atoms. The quantitative estimate of drug-likeness (QED) is 0.551. The standard InChI is InChI=1S/C23H21F3N2O3S/c1-16-3-11-20(12-4-16)28(32(30,31)21-13-5-17(2)6-14-21)15-22(29)27-19-9-7-18(8-10-19)23(24,25)26/h3-14H,15H2,1-2H3,(H,27,29). The molecule has 32 heavy (non-hydrogen) atoms. The smallest absolute Gasteiger partial charge is 0.325 e. The van der Waals surface area contributed by atoms with E-state index in [0.29, 0.717) is 5.69 Å². The van der Waals surface area contributed by atoms with Crippen molar-refractivity contribution in [3.8, 4) is 0 Å². The highest BCUT2D eigenvalue weighted by molar-refractivity contribution is 7.92. The SMILES string of the molecule is Cc1ccc(N(CC(=O)Nc2ccc(C(F)(F)F)cc2)S(=O)(=O)c2ccc(C)cc2)cc1. The van der Waals surface area contributed by atoms with E-state index in [-0.39, 0.29) is 10.6 Å². The van der Waals surface area contributed by atoms with Crippen LogP contribution in [-0.4, -0.2) is 20.9 Å². The number of alkyl halides is 3. The van der Waals surface area contributed by atoms with E-state index < -0.39 is 34.2 Å². The minimum Gasteiger partial charge on any atom is -0.325 e. The van der Waals surface area contributed by atoms with Crippen LogP contribution in [0.1, 0.15) is 16.7 Å². The van der Waals surface area contributed by atoms with Crippen LogP contribution >= 0.6 is 0 Å². The number of halogens is 3. The van der Waals surface area contributed by atoms with E-state index in [1.165, 1.54) is 12.1 Å². The van der Waals surface area contributed by atoms with Crippen molar-refractivity contribution in [3.05, 3.63) is 89.5 Å². The maximum atomic E-state index is 13.3. The Balaban J connectivity index is 1.88. The number of sulfonamides is 1. The molecule has 0 radical (unpaired) electrons. The number of amides is 1. The number of anilines is 2. The van der Waals surface area contributed by atoms with Gasteiger partial charge < -0.3 is 5.32 Å². The third-order valence-electron chi connectivity index (χ3n) is 4.71. The molecule has 0 aliphatic carbocycles. The third-order valence-corrected chi connectivity index (χ3v) is 6.50. The van der Waals surface area contributed by atoms with Gasteiger partial charge in [-0.3, -0.25) is 9.10 Å². The molecule has 0 aliphatic heterocycles. The van der Waals surface area contributed by atoms with Gasteiger partial charge in [0.05, 0.1) is 16.1 Å². The van der Waals surface area contributed by atoms with Crippen molar-refractivity contribution in [2.45, 2.75) is 24.9 Å². The van der Waals surface area contributed by atoms with E-state index >= 15 is 0 Å². The maximum Gasteiger partial charge on any atom is 0.416 e. The number of rotatable bonds is 6. The summed E-state index contributed by atoms with van der Waals surface area (Å²) in [5.41, 5.74) is 1.36. The highest BCUT2D eigenvalue weighted by Crippen LogP contribution is 2.30. The van der Waals surface area contributed by atoms with Gasteiger partial charge in [-0.1, -0.05) is 35.4 Å². The second-order valence-corrected chi connectivity index (χ2v) is 9.15. The predicted octanol–water partition coefficient (Wildman–Crippen LogP) is 5.16. The fourth-order valence-electron chi connectivity index (χ4n) is 2.94. The number of hydrogen-bond donors (Lipinski definition) is 1. The molecule has 168 valence electrons. The molecule has 0 fully saturated rings. The van der Waals surface area contributed by atoms with Crippen LogP contribution in [0.3, 0.4) is 0 Å². The van der Waals surface area contributed by atoms with Crippen LogP contribution in [0.2, 0.25) is 0 Å². The molecule has 0 atom stereocenters. The van der Waals surface area contributed by atoms with E-state index in [1.807, 2.05) is 13.8 Å².